The first kappa shape index (κ1) is 16.2. The lowest BCUT2D eigenvalue weighted by atomic mass is 9.99. The molecule has 2 aromatic rings. The van der Waals surface area contributed by atoms with Crippen molar-refractivity contribution in [2.24, 2.45) is 5.92 Å². The molecule has 0 saturated carbocycles. The number of carbonyl (C=O) groups is 1. The molecule has 2 heterocycles. The van der Waals surface area contributed by atoms with Gasteiger partial charge in [-0.1, -0.05) is 13.0 Å². The summed E-state index contributed by atoms with van der Waals surface area (Å²) in [5.74, 6) is 1.96. The Morgan fingerprint density at radius 2 is 2.00 bits per heavy atom. The molecule has 126 valence electrons. The molecule has 0 bridgehead atoms. The van der Waals surface area contributed by atoms with E-state index in [4.69, 9.17) is 0 Å². The number of nitrogens with one attached hydrogen (secondary N) is 2. The van der Waals surface area contributed by atoms with Gasteiger partial charge in [0.15, 0.2) is 5.82 Å². The van der Waals surface area contributed by atoms with Crippen molar-refractivity contribution in [3.05, 3.63) is 30.5 Å². The highest BCUT2D eigenvalue weighted by Gasteiger charge is 2.17. The second-order valence-electron chi connectivity index (χ2n) is 6.19. The van der Waals surface area contributed by atoms with Crippen LogP contribution in [0.3, 0.4) is 0 Å². The summed E-state index contributed by atoms with van der Waals surface area (Å²) >= 11 is 0. The maximum atomic E-state index is 11.2. The summed E-state index contributed by atoms with van der Waals surface area (Å²) in [4.78, 5) is 18.0. The summed E-state index contributed by atoms with van der Waals surface area (Å²) in [6.45, 7) is 5.76. The lowest BCUT2D eigenvalue weighted by Crippen LogP contribution is -2.33. The Morgan fingerprint density at radius 1 is 1.25 bits per heavy atom. The number of amides is 1. The molecule has 0 atom stereocenters. The van der Waals surface area contributed by atoms with Gasteiger partial charge in [0.25, 0.3) is 0 Å². The average molecular weight is 326 g/mol. The zero-order valence-corrected chi connectivity index (χ0v) is 14.0. The number of hydrogen-bond donors (Lipinski definition) is 2. The summed E-state index contributed by atoms with van der Waals surface area (Å²) in [7, 11) is 0. The number of benzene rings is 1. The van der Waals surface area contributed by atoms with E-state index >= 15 is 0 Å². The highest BCUT2D eigenvalue weighted by Crippen LogP contribution is 2.22. The Kier molecular flexibility index (Phi) is 4.88. The van der Waals surface area contributed by atoms with Crippen LogP contribution in [0.25, 0.3) is 0 Å². The van der Waals surface area contributed by atoms with Crippen molar-refractivity contribution in [1.82, 2.24) is 15.2 Å². The van der Waals surface area contributed by atoms with Gasteiger partial charge in [-0.05, 0) is 37.0 Å². The molecule has 1 aliphatic rings. The van der Waals surface area contributed by atoms with E-state index in [9.17, 15) is 4.79 Å². The summed E-state index contributed by atoms with van der Waals surface area (Å²) < 4.78 is 0. The molecule has 0 aliphatic carbocycles. The fourth-order valence-electron chi connectivity index (χ4n) is 2.74. The Bertz CT molecular complexity index is 712. The highest BCUT2D eigenvalue weighted by atomic mass is 16.1. The van der Waals surface area contributed by atoms with Crippen LogP contribution in [0, 0.1) is 5.92 Å². The second-order valence-corrected chi connectivity index (χ2v) is 6.19. The summed E-state index contributed by atoms with van der Waals surface area (Å²) in [6.07, 6.45) is 4.05. The smallest absolute Gasteiger partial charge is 0.249 e. The minimum atomic E-state index is -0.105. The number of hydrogen-bond acceptors (Lipinski definition) is 6. The van der Waals surface area contributed by atoms with E-state index in [-0.39, 0.29) is 5.91 Å². The van der Waals surface area contributed by atoms with Crippen LogP contribution in [0.4, 0.5) is 23.1 Å². The monoisotopic (exact) mass is 326 g/mol. The maximum Gasteiger partial charge on any atom is 0.249 e. The predicted octanol–water partition coefficient (Wildman–Crippen LogP) is 2.81. The van der Waals surface area contributed by atoms with Crippen LogP contribution in [-0.2, 0) is 4.79 Å². The molecule has 3 rings (SSSR count). The maximum absolute atomic E-state index is 11.2. The lowest BCUT2D eigenvalue weighted by Gasteiger charge is -2.30. The van der Waals surface area contributed by atoms with Crippen molar-refractivity contribution in [2.75, 3.05) is 28.6 Å². The molecule has 1 fully saturated rings. The number of aromatic nitrogens is 3. The van der Waals surface area contributed by atoms with Gasteiger partial charge in [0, 0.05) is 31.4 Å². The fourth-order valence-corrected chi connectivity index (χ4v) is 2.74. The van der Waals surface area contributed by atoms with Crippen molar-refractivity contribution in [3.63, 3.8) is 0 Å². The molecular weight excluding hydrogens is 304 g/mol. The molecule has 7 heteroatoms. The van der Waals surface area contributed by atoms with Crippen molar-refractivity contribution in [3.8, 4) is 0 Å². The molecule has 0 radical (unpaired) electrons. The molecule has 1 aliphatic heterocycles. The number of anilines is 4. The summed E-state index contributed by atoms with van der Waals surface area (Å²) in [5.41, 5.74) is 1.52. The van der Waals surface area contributed by atoms with Crippen LogP contribution in [0.5, 0.6) is 0 Å². The van der Waals surface area contributed by atoms with Gasteiger partial charge in [-0.3, -0.25) is 4.79 Å². The van der Waals surface area contributed by atoms with Crippen molar-refractivity contribution >= 4 is 29.0 Å². The van der Waals surface area contributed by atoms with Crippen molar-refractivity contribution < 1.29 is 4.79 Å². The van der Waals surface area contributed by atoms with Crippen LogP contribution < -0.4 is 15.5 Å². The van der Waals surface area contributed by atoms with Gasteiger partial charge in [-0.2, -0.15) is 10.1 Å². The first-order valence-corrected chi connectivity index (χ1v) is 8.19. The fraction of sp³-hybridized carbons (Fsp3) is 0.412. The number of carbonyl (C=O) groups excluding carboxylic acids is 1. The summed E-state index contributed by atoms with van der Waals surface area (Å²) in [5, 5.41) is 14.0. The third kappa shape index (κ3) is 4.18. The van der Waals surface area contributed by atoms with Gasteiger partial charge in [0.05, 0.1) is 6.20 Å². The molecule has 1 aromatic heterocycles. The van der Waals surface area contributed by atoms with Crippen molar-refractivity contribution in [2.45, 2.75) is 26.7 Å². The van der Waals surface area contributed by atoms with Gasteiger partial charge in [-0.15, -0.1) is 5.10 Å². The van der Waals surface area contributed by atoms with Gasteiger partial charge < -0.3 is 15.5 Å². The van der Waals surface area contributed by atoms with Gasteiger partial charge in [-0.25, -0.2) is 0 Å². The molecule has 1 amide bonds. The van der Waals surface area contributed by atoms with Gasteiger partial charge in [0.2, 0.25) is 11.9 Å². The molecule has 24 heavy (non-hydrogen) atoms. The molecular formula is C17H22N6O. The Balaban J connectivity index is 1.71. The van der Waals surface area contributed by atoms with Gasteiger partial charge in [0.1, 0.15) is 0 Å². The van der Waals surface area contributed by atoms with E-state index in [2.05, 4.69) is 37.6 Å². The predicted molar refractivity (Wildman–Crippen MR) is 94.5 cm³/mol. The van der Waals surface area contributed by atoms with Crippen LogP contribution in [0.15, 0.2) is 30.5 Å². The van der Waals surface area contributed by atoms with E-state index < -0.39 is 0 Å². The molecule has 7 nitrogen and oxygen atoms in total. The quantitative estimate of drug-likeness (QED) is 0.899. The van der Waals surface area contributed by atoms with E-state index in [1.54, 1.807) is 6.20 Å². The first-order chi connectivity index (χ1) is 11.6. The number of piperidine rings is 1. The van der Waals surface area contributed by atoms with E-state index in [1.807, 2.05) is 24.3 Å². The SMILES string of the molecule is CC(=O)Nc1cccc(Nc2nncc(N3CCC(C)CC3)n2)c1. The summed E-state index contributed by atoms with van der Waals surface area (Å²) in [6, 6.07) is 7.41. The Hall–Kier alpha value is -2.70. The number of rotatable bonds is 4. The van der Waals surface area contributed by atoms with E-state index in [0.717, 1.165) is 36.2 Å². The molecule has 1 saturated heterocycles. The first-order valence-electron chi connectivity index (χ1n) is 8.19. The van der Waals surface area contributed by atoms with Crippen LogP contribution in [0.2, 0.25) is 0 Å². The standard InChI is InChI=1S/C17H22N6O/c1-12-6-8-23(9-7-12)16-11-18-22-17(21-16)20-15-5-3-4-14(10-15)19-13(2)24/h3-5,10-12H,6-9H2,1-2H3,(H,19,24)(H,20,21,22). The minimum Gasteiger partial charge on any atom is -0.355 e. The zero-order chi connectivity index (χ0) is 16.9. The molecule has 0 spiro atoms. The third-order valence-corrected chi connectivity index (χ3v) is 4.09. The van der Waals surface area contributed by atoms with Crippen LogP contribution in [0.1, 0.15) is 26.7 Å². The van der Waals surface area contributed by atoms with Crippen LogP contribution in [-0.4, -0.2) is 34.2 Å². The zero-order valence-electron chi connectivity index (χ0n) is 14.0. The largest absolute Gasteiger partial charge is 0.355 e. The molecule has 2 N–H and O–H groups in total. The second kappa shape index (κ2) is 7.25. The normalized spacial score (nSPS) is 15.2. The Labute approximate surface area is 141 Å². The topological polar surface area (TPSA) is 83.0 Å². The highest BCUT2D eigenvalue weighted by molar-refractivity contribution is 5.89. The van der Waals surface area contributed by atoms with Crippen LogP contribution >= 0.6 is 0 Å². The molecule has 1 aromatic carbocycles. The molecule has 0 unspecified atom stereocenters. The van der Waals surface area contributed by atoms with E-state index in [0.29, 0.717) is 5.95 Å². The van der Waals surface area contributed by atoms with Crippen molar-refractivity contribution in [1.29, 1.82) is 0 Å². The Morgan fingerprint density at radius 3 is 2.75 bits per heavy atom. The third-order valence-electron chi connectivity index (χ3n) is 4.09. The minimum absolute atomic E-state index is 0.105. The van der Waals surface area contributed by atoms with Gasteiger partial charge >= 0.3 is 0 Å². The lowest BCUT2D eigenvalue weighted by molar-refractivity contribution is -0.114. The average Bonchev–Trinajstić information content (AvgIpc) is 2.55. The van der Waals surface area contributed by atoms with E-state index in [1.165, 1.54) is 19.8 Å². The number of nitrogens with zero attached hydrogens (tertiary/aromatic N) is 4.